The minimum atomic E-state index is 0.532. The molecule has 0 aromatic carbocycles. The molecule has 1 atom stereocenters. The molecule has 0 aromatic heterocycles. The molecule has 4 saturated carbocycles. The number of hydrogen-bond donors (Lipinski definition) is 0. The second-order valence-corrected chi connectivity index (χ2v) is 8.71. The highest BCUT2D eigenvalue weighted by molar-refractivity contribution is 5.18. The molecular weight excluding hydrogens is 218 g/mol. The van der Waals surface area contributed by atoms with Crippen LogP contribution in [0, 0.1) is 34.5 Å². The van der Waals surface area contributed by atoms with Crippen molar-refractivity contribution in [2.45, 2.75) is 58.9 Å². The second-order valence-electron chi connectivity index (χ2n) is 8.71. The van der Waals surface area contributed by atoms with E-state index in [9.17, 15) is 0 Å². The highest BCUT2D eigenvalue weighted by Gasteiger charge is 2.68. The molecule has 4 bridgehead atoms. The Kier molecular flexibility index (Phi) is 2.18. The van der Waals surface area contributed by atoms with Gasteiger partial charge in [0.05, 0.1) is 0 Å². The summed E-state index contributed by atoms with van der Waals surface area (Å²) in [7, 11) is 2.37. The van der Waals surface area contributed by atoms with E-state index in [0.29, 0.717) is 10.8 Å². The predicted molar refractivity (Wildman–Crippen MR) is 75.4 cm³/mol. The summed E-state index contributed by atoms with van der Waals surface area (Å²) in [5, 5.41) is 0. The quantitative estimate of drug-likeness (QED) is 0.629. The molecule has 1 spiro atoms. The Morgan fingerprint density at radius 3 is 1.78 bits per heavy atom. The van der Waals surface area contributed by atoms with Crippen LogP contribution in [-0.2, 0) is 0 Å². The Morgan fingerprint density at radius 2 is 1.39 bits per heavy atom. The summed E-state index contributed by atoms with van der Waals surface area (Å²) in [4.78, 5) is 2.67. The van der Waals surface area contributed by atoms with Crippen molar-refractivity contribution >= 4 is 0 Å². The summed E-state index contributed by atoms with van der Waals surface area (Å²) in [6.45, 7) is 9.01. The fourth-order valence-corrected chi connectivity index (χ4v) is 7.58. The summed E-state index contributed by atoms with van der Waals surface area (Å²) in [5.41, 5.74) is 1.18. The van der Waals surface area contributed by atoms with Crippen LogP contribution in [-0.4, -0.2) is 24.5 Å². The first-order valence-electron chi connectivity index (χ1n) is 8.15. The average molecular weight is 247 g/mol. The molecule has 1 nitrogen and oxygen atoms in total. The molecule has 102 valence electrons. The van der Waals surface area contributed by atoms with Gasteiger partial charge < -0.3 is 4.90 Å². The predicted octanol–water partition coefficient (Wildman–Crippen LogP) is 3.79. The first-order chi connectivity index (χ1) is 8.45. The third kappa shape index (κ3) is 1.14. The van der Waals surface area contributed by atoms with Crippen LogP contribution in [0.25, 0.3) is 0 Å². The van der Waals surface area contributed by atoms with Gasteiger partial charge in [0, 0.05) is 12.6 Å². The average Bonchev–Trinajstić information content (AvgIpc) is 2.43. The van der Waals surface area contributed by atoms with E-state index >= 15 is 0 Å². The van der Waals surface area contributed by atoms with Crippen molar-refractivity contribution in [3.63, 3.8) is 0 Å². The smallest absolute Gasteiger partial charge is 0.0131 e. The van der Waals surface area contributed by atoms with E-state index in [4.69, 9.17) is 0 Å². The van der Waals surface area contributed by atoms with E-state index in [-0.39, 0.29) is 0 Å². The molecule has 5 aliphatic rings. The van der Waals surface area contributed by atoms with Crippen LogP contribution in [0.5, 0.6) is 0 Å². The molecule has 18 heavy (non-hydrogen) atoms. The molecule has 0 aromatic rings. The lowest BCUT2D eigenvalue weighted by atomic mass is 9.39. The first kappa shape index (κ1) is 11.8. The first-order valence-corrected chi connectivity index (χ1v) is 8.15. The third-order valence-electron chi connectivity index (χ3n) is 7.66. The van der Waals surface area contributed by atoms with Gasteiger partial charge in [-0.05, 0) is 80.6 Å². The van der Waals surface area contributed by atoms with Crippen molar-refractivity contribution < 1.29 is 0 Å². The molecule has 4 aliphatic carbocycles. The molecule has 5 rings (SSSR count). The second kappa shape index (κ2) is 3.34. The lowest BCUT2D eigenvalue weighted by molar-refractivity contribution is -0.162. The van der Waals surface area contributed by atoms with E-state index in [1.807, 2.05) is 0 Å². The van der Waals surface area contributed by atoms with Gasteiger partial charge in [-0.2, -0.15) is 0 Å². The van der Waals surface area contributed by atoms with Crippen LogP contribution in [0.1, 0.15) is 52.9 Å². The van der Waals surface area contributed by atoms with Crippen molar-refractivity contribution in [3.8, 4) is 0 Å². The fraction of sp³-hybridized carbons (Fsp3) is 1.00. The zero-order chi connectivity index (χ0) is 12.7. The van der Waals surface area contributed by atoms with Crippen LogP contribution >= 0.6 is 0 Å². The Bertz CT molecular complexity index is 342. The maximum absolute atomic E-state index is 2.67. The van der Waals surface area contributed by atoms with Crippen LogP contribution in [0.15, 0.2) is 0 Å². The normalized spacial score (nSPS) is 57.7. The van der Waals surface area contributed by atoms with E-state index in [2.05, 4.69) is 32.7 Å². The van der Waals surface area contributed by atoms with Crippen molar-refractivity contribution in [3.05, 3.63) is 0 Å². The van der Waals surface area contributed by atoms with Gasteiger partial charge in [-0.25, -0.2) is 0 Å². The van der Waals surface area contributed by atoms with Gasteiger partial charge in [-0.15, -0.1) is 0 Å². The zero-order valence-electron chi connectivity index (χ0n) is 12.6. The molecule has 1 heteroatoms. The van der Waals surface area contributed by atoms with Crippen molar-refractivity contribution in [1.82, 2.24) is 4.90 Å². The van der Waals surface area contributed by atoms with Crippen LogP contribution in [0.3, 0.4) is 0 Å². The van der Waals surface area contributed by atoms with E-state index in [1.54, 1.807) is 32.1 Å². The molecule has 5 fully saturated rings. The Hall–Kier alpha value is -0.0400. The van der Waals surface area contributed by atoms with Crippen molar-refractivity contribution in [1.29, 1.82) is 0 Å². The van der Waals surface area contributed by atoms with Gasteiger partial charge in [0.1, 0.15) is 0 Å². The zero-order valence-corrected chi connectivity index (χ0v) is 12.6. The van der Waals surface area contributed by atoms with Crippen molar-refractivity contribution in [2.24, 2.45) is 34.5 Å². The van der Waals surface area contributed by atoms with Gasteiger partial charge >= 0.3 is 0 Å². The summed E-state index contributed by atoms with van der Waals surface area (Å²) in [6.07, 6.45) is 7.83. The molecule has 1 unspecified atom stereocenters. The molecule has 1 heterocycles. The summed E-state index contributed by atoms with van der Waals surface area (Å²) in [6, 6.07) is 0.808. The standard InChI is InChI=1S/C17H29N/c1-11-17(16(2,3)10-18(11)4)14-6-12-5-13(8-14)9-15(17)7-12/h11-15H,5-10H2,1-4H3. The highest BCUT2D eigenvalue weighted by Crippen LogP contribution is 2.71. The maximum Gasteiger partial charge on any atom is 0.0131 e. The maximum atomic E-state index is 2.67. The van der Waals surface area contributed by atoms with Gasteiger partial charge in [0.25, 0.3) is 0 Å². The van der Waals surface area contributed by atoms with Crippen LogP contribution in [0.2, 0.25) is 0 Å². The molecular formula is C17H29N. The fourth-order valence-electron chi connectivity index (χ4n) is 7.58. The van der Waals surface area contributed by atoms with Gasteiger partial charge in [0.2, 0.25) is 0 Å². The van der Waals surface area contributed by atoms with Gasteiger partial charge in [-0.1, -0.05) is 13.8 Å². The summed E-state index contributed by atoms with van der Waals surface area (Å²) >= 11 is 0. The molecule has 0 radical (unpaired) electrons. The summed E-state index contributed by atoms with van der Waals surface area (Å²) in [5.74, 6) is 4.30. The monoisotopic (exact) mass is 247 g/mol. The Labute approximate surface area is 112 Å². The lowest BCUT2D eigenvalue weighted by Gasteiger charge is -2.66. The highest BCUT2D eigenvalue weighted by atomic mass is 15.2. The SMILES string of the molecule is CC1N(C)CC(C)(C)C12C1CC3CC(C1)CC2C3. The van der Waals surface area contributed by atoms with Gasteiger partial charge in [0.15, 0.2) is 0 Å². The molecule has 1 aliphatic heterocycles. The minimum absolute atomic E-state index is 0.532. The number of nitrogens with zero attached hydrogens (tertiary/aromatic N) is 1. The summed E-state index contributed by atoms with van der Waals surface area (Å²) < 4.78 is 0. The van der Waals surface area contributed by atoms with E-state index < -0.39 is 0 Å². The topological polar surface area (TPSA) is 3.24 Å². The third-order valence-corrected chi connectivity index (χ3v) is 7.66. The largest absolute Gasteiger partial charge is 0.303 e. The Morgan fingerprint density at radius 1 is 0.889 bits per heavy atom. The van der Waals surface area contributed by atoms with Crippen LogP contribution < -0.4 is 0 Å². The lowest BCUT2D eigenvalue weighted by Crippen LogP contribution is -2.61. The molecule has 1 saturated heterocycles. The number of hydrogen-bond acceptors (Lipinski definition) is 1. The van der Waals surface area contributed by atoms with Crippen LogP contribution in [0.4, 0.5) is 0 Å². The van der Waals surface area contributed by atoms with Crippen molar-refractivity contribution in [2.75, 3.05) is 13.6 Å². The van der Waals surface area contributed by atoms with Gasteiger partial charge in [-0.3, -0.25) is 0 Å². The number of rotatable bonds is 0. The van der Waals surface area contributed by atoms with E-state index in [1.165, 1.54) is 6.54 Å². The van der Waals surface area contributed by atoms with E-state index in [0.717, 1.165) is 29.7 Å². The molecule has 0 N–H and O–H groups in total. The molecule has 0 amide bonds. The minimum Gasteiger partial charge on any atom is -0.303 e. The number of likely N-dealkylation sites (tertiary alicyclic amines) is 1. The Balaban J connectivity index is 1.82.